The molecule has 0 bridgehead atoms. The standard InChI is InChI=1S/C19H29NO4/c1-4-15-13-20(19(22)12-16(15)8-10-21)9-7-14-5-6-17(23-2)18(11-14)24-3/h5-6,11,15-16,21H,4,7-10,12-13H2,1-3H3/t15-,16-/m0/s1. The summed E-state index contributed by atoms with van der Waals surface area (Å²) in [6.45, 7) is 3.85. The first kappa shape index (κ1) is 18.6. The van der Waals surface area contributed by atoms with Gasteiger partial charge in [0.2, 0.25) is 5.91 Å². The molecule has 1 aromatic rings. The minimum Gasteiger partial charge on any atom is -0.493 e. The van der Waals surface area contributed by atoms with Crippen LogP contribution in [0.2, 0.25) is 0 Å². The lowest BCUT2D eigenvalue weighted by molar-refractivity contribution is -0.137. The zero-order chi connectivity index (χ0) is 17.5. The number of methoxy groups -OCH3 is 2. The average molecular weight is 335 g/mol. The molecule has 1 aliphatic heterocycles. The number of carbonyl (C=O) groups excluding carboxylic acids is 1. The molecule has 0 radical (unpaired) electrons. The highest BCUT2D eigenvalue weighted by Crippen LogP contribution is 2.30. The van der Waals surface area contributed by atoms with Gasteiger partial charge in [-0.3, -0.25) is 4.79 Å². The van der Waals surface area contributed by atoms with Crippen LogP contribution in [0.4, 0.5) is 0 Å². The predicted octanol–water partition coefficient (Wildman–Crippen LogP) is 2.50. The second-order valence-corrected chi connectivity index (χ2v) is 6.42. The third kappa shape index (κ3) is 4.41. The van der Waals surface area contributed by atoms with Crippen molar-refractivity contribution in [1.82, 2.24) is 4.90 Å². The van der Waals surface area contributed by atoms with E-state index < -0.39 is 0 Å². The van der Waals surface area contributed by atoms with Crippen molar-refractivity contribution in [1.29, 1.82) is 0 Å². The Morgan fingerprint density at radius 1 is 1.21 bits per heavy atom. The molecule has 5 heteroatoms. The molecule has 5 nitrogen and oxygen atoms in total. The van der Waals surface area contributed by atoms with Gasteiger partial charge in [-0.1, -0.05) is 19.4 Å². The second-order valence-electron chi connectivity index (χ2n) is 6.42. The van der Waals surface area contributed by atoms with Crippen LogP contribution in [0.1, 0.15) is 31.7 Å². The van der Waals surface area contributed by atoms with E-state index in [1.54, 1.807) is 14.2 Å². The molecule has 2 atom stereocenters. The van der Waals surface area contributed by atoms with Crippen LogP contribution >= 0.6 is 0 Å². The maximum atomic E-state index is 12.4. The van der Waals surface area contributed by atoms with E-state index in [1.165, 1.54) is 0 Å². The quantitative estimate of drug-likeness (QED) is 0.793. The Bertz CT molecular complexity index is 546. The molecule has 1 saturated heterocycles. The van der Waals surface area contributed by atoms with E-state index in [0.717, 1.165) is 43.7 Å². The molecular weight excluding hydrogens is 306 g/mol. The van der Waals surface area contributed by atoms with Crippen molar-refractivity contribution in [3.05, 3.63) is 23.8 Å². The lowest BCUT2D eigenvalue weighted by atomic mass is 9.81. The molecule has 0 unspecified atom stereocenters. The highest BCUT2D eigenvalue weighted by molar-refractivity contribution is 5.77. The molecule has 0 saturated carbocycles. The molecule has 1 amide bonds. The number of aliphatic hydroxyl groups excluding tert-OH is 1. The summed E-state index contributed by atoms with van der Waals surface area (Å²) in [5.74, 6) is 2.45. The number of hydrogen-bond acceptors (Lipinski definition) is 4. The normalized spacial score (nSPS) is 21.0. The zero-order valence-corrected chi connectivity index (χ0v) is 15.0. The fraction of sp³-hybridized carbons (Fsp3) is 0.632. The smallest absolute Gasteiger partial charge is 0.222 e. The molecule has 24 heavy (non-hydrogen) atoms. The van der Waals surface area contributed by atoms with Gasteiger partial charge in [-0.2, -0.15) is 0 Å². The summed E-state index contributed by atoms with van der Waals surface area (Å²) in [5.41, 5.74) is 1.13. The monoisotopic (exact) mass is 335 g/mol. The summed E-state index contributed by atoms with van der Waals surface area (Å²) >= 11 is 0. The Hall–Kier alpha value is -1.75. The zero-order valence-electron chi connectivity index (χ0n) is 15.0. The SMILES string of the molecule is CC[C@H]1CN(CCc2ccc(OC)c(OC)c2)C(=O)C[C@@H]1CCO. The molecule has 1 heterocycles. The third-order valence-electron chi connectivity index (χ3n) is 5.05. The number of piperidine rings is 1. The van der Waals surface area contributed by atoms with Crippen molar-refractivity contribution >= 4 is 5.91 Å². The van der Waals surface area contributed by atoms with Crippen molar-refractivity contribution in [2.24, 2.45) is 11.8 Å². The van der Waals surface area contributed by atoms with Gasteiger partial charge in [-0.25, -0.2) is 0 Å². The van der Waals surface area contributed by atoms with Crippen LogP contribution in [0.25, 0.3) is 0 Å². The van der Waals surface area contributed by atoms with Gasteiger partial charge in [-0.15, -0.1) is 0 Å². The number of rotatable bonds is 8. The van der Waals surface area contributed by atoms with Gasteiger partial charge in [0.05, 0.1) is 14.2 Å². The summed E-state index contributed by atoms with van der Waals surface area (Å²) in [6, 6.07) is 5.89. The maximum Gasteiger partial charge on any atom is 0.222 e. The van der Waals surface area contributed by atoms with E-state index in [-0.39, 0.29) is 12.5 Å². The number of benzene rings is 1. The minimum absolute atomic E-state index is 0.167. The topological polar surface area (TPSA) is 59.0 Å². The Labute approximate surface area is 144 Å². The maximum absolute atomic E-state index is 12.4. The summed E-state index contributed by atoms with van der Waals surface area (Å²) in [5, 5.41) is 9.18. The molecule has 2 rings (SSSR count). The summed E-state index contributed by atoms with van der Waals surface area (Å²) in [6.07, 6.45) is 3.14. The van der Waals surface area contributed by atoms with Gasteiger partial charge in [-0.05, 0) is 42.4 Å². The van der Waals surface area contributed by atoms with Crippen LogP contribution in [0.5, 0.6) is 11.5 Å². The third-order valence-corrected chi connectivity index (χ3v) is 5.05. The summed E-state index contributed by atoms with van der Waals surface area (Å²) in [7, 11) is 3.25. The lowest BCUT2D eigenvalue weighted by Gasteiger charge is -2.38. The highest BCUT2D eigenvalue weighted by Gasteiger charge is 2.32. The van der Waals surface area contributed by atoms with Crippen molar-refractivity contribution in [2.75, 3.05) is 33.9 Å². The lowest BCUT2D eigenvalue weighted by Crippen LogP contribution is -2.45. The van der Waals surface area contributed by atoms with E-state index in [4.69, 9.17) is 9.47 Å². The number of likely N-dealkylation sites (tertiary alicyclic amines) is 1. The molecule has 0 spiro atoms. The van der Waals surface area contributed by atoms with Crippen LogP contribution in [-0.2, 0) is 11.2 Å². The van der Waals surface area contributed by atoms with Crippen LogP contribution in [0.15, 0.2) is 18.2 Å². The van der Waals surface area contributed by atoms with E-state index in [1.807, 2.05) is 23.1 Å². The number of ether oxygens (including phenoxy) is 2. The summed E-state index contributed by atoms with van der Waals surface area (Å²) in [4.78, 5) is 14.4. The first-order chi connectivity index (χ1) is 11.6. The van der Waals surface area contributed by atoms with Gasteiger partial charge in [0.15, 0.2) is 11.5 Å². The predicted molar refractivity (Wildman–Crippen MR) is 93.4 cm³/mol. The number of nitrogens with zero attached hydrogens (tertiary/aromatic N) is 1. The van der Waals surface area contributed by atoms with Gasteiger partial charge in [0, 0.05) is 26.1 Å². The van der Waals surface area contributed by atoms with E-state index in [9.17, 15) is 9.90 Å². The molecular formula is C19H29NO4. The van der Waals surface area contributed by atoms with Crippen molar-refractivity contribution in [3.63, 3.8) is 0 Å². The van der Waals surface area contributed by atoms with Crippen molar-refractivity contribution < 1.29 is 19.4 Å². The minimum atomic E-state index is 0.167. The molecule has 1 aromatic carbocycles. The molecule has 0 aliphatic carbocycles. The van der Waals surface area contributed by atoms with Crippen molar-refractivity contribution in [2.45, 2.75) is 32.6 Å². The van der Waals surface area contributed by atoms with Gasteiger partial charge in [0.1, 0.15) is 0 Å². The van der Waals surface area contributed by atoms with Crippen LogP contribution in [-0.4, -0.2) is 49.8 Å². The summed E-state index contributed by atoms with van der Waals surface area (Å²) < 4.78 is 10.6. The second kappa shape index (κ2) is 8.92. The Balaban J connectivity index is 1.97. The fourth-order valence-electron chi connectivity index (χ4n) is 3.54. The van der Waals surface area contributed by atoms with Gasteiger partial charge >= 0.3 is 0 Å². The van der Waals surface area contributed by atoms with Gasteiger partial charge in [0.25, 0.3) is 0 Å². The van der Waals surface area contributed by atoms with Crippen LogP contribution < -0.4 is 9.47 Å². The largest absolute Gasteiger partial charge is 0.493 e. The highest BCUT2D eigenvalue weighted by atomic mass is 16.5. The molecule has 0 aromatic heterocycles. The first-order valence-corrected chi connectivity index (χ1v) is 8.72. The van der Waals surface area contributed by atoms with Crippen molar-refractivity contribution in [3.8, 4) is 11.5 Å². The van der Waals surface area contributed by atoms with Crippen LogP contribution in [0.3, 0.4) is 0 Å². The molecule has 134 valence electrons. The number of amides is 1. The molecule has 1 aliphatic rings. The molecule has 1 fully saturated rings. The number of hydrogen-bond donors (Lipinski definition) is 1. The Kier molecular flexibility index (Phi) is 6.91. The average Bonchev–Trinajstić information content (AvgIpc) is 2.61. The first-order valence-electron chi connectivity index (χ1n) is 8.72. The van der Waals surface area contributed by atoms with Crippen LogP contribution in [0, 0.1) is 11.8 Å². The van der Waals surface area contributed by atoms with Gasteiger partial charge < -0.3 is 19.5 Å². The number of carbonyl (C=O) groups is 1. The Morgan fingerprint density at radius 2 is 1.96 bits per heavy atom. The Morgan fingerprint density at radius 3 is 2.58 bits per heavy atom. The molecule has 1 N–H and O–H groups in total. The number of aliphatic hydroxyl groups is 1. The van der Waals surface area contributed by atoms with E-state index in [0.29, 0.717) is 24.0 Å². The fourth-order valence-corrected chi connectivity index (χ4v) is 3.54. The van der Waals surface area contributed by atoms with E-state index >= 15 is 0 Å². The van der Waals surface area contributed by atoms with E-state index in [2.05, 4.69) is 6.92 Å².